The van der Waals surface area contributed by atoms with E-state index >= 15 is 0 Å². The predicted octanol–water partition coefficient (Wildman–Crippen LogP) is 1.14. The Morgan fingerprint density at radius 2 is 2.33 bits per heavy atom. The van der Waals surface area contributed by atoms with Crippen molar-refractivity contribution < 1.29 is 19.0 Å². The summed E-state index contributed by atoms with van der Waals surface area (Å²) < 4.78 is 17.9. The highest BCUT2D eigenvalue weighted by Gasteiger charge is 2.14. The Balaban J connectivity index is 2.89. The Kier molecular flexibility index (Phi) is 3.62. The van der Waals surface area contributed by atoms with Crippen LogP contribution in [-0.2, 0) is 11.3 Å². The van der Waals surface area contributed by atoms with Gasteiger partial charge in [0.2, 0.25) is 0 Å². The summed E-state index contributed by atoms with van der Waals surface area (Å²) in [6.45, 7) is 1.49. The molecule has 1 aromatic carbocycles. The van der Waals surface area contributed by atoms with Crippen LogP contribution in [-0.4, -0.2) is 17.2 Å². The molecule has 0 aliphatic rings. The maximum Gasteiger partial charge on any atom is 0.344 e. The van der Waals surface area contributed by atoms with Crippen molar-refractivity contribution in [3.63, 3.8) is 0 Å². The Bertz CT molecular complexity index is 368. The maximum atomic E-state index is 12.8. The van der Waals surface area contributed by atoms with Gasteiger partial charge in [-0.05, 0) is 25.1 Å². The standard InChI is InChI=1S/C10H12FNO3/c1-6(10(13)14)15-9-3-2-8(11)4-7(9)5-12/h2-4,6H,5,12H2,1H3,(H,13,14). The lowest BCUT2D eigenvalue weighted by atomic mass is 10.2. The second-order valence-electron chi connectivity index (χ2n) is 3.05. The van der Waals surface area contributed by atoms with E-state index in [2.05, 4.69) is 0 Å². The first-order valence-corrected chi connectivity index (χ1v) is 4.42. The minimum Gasteiger partial charge on any atom is -0.479 e. The number of rotatable bonds is 4. The lowest BCUT2D eigenvalue weighted by Crippen LogP contribution is -2.23. The third-order valence-corrected chi connectivity index (χ3v) is 1.89. The van der Waals surface area contributed by atoms with E-state index in [1.807, 2.05) is 0 Å². The predicted molar refractivity (Wildman–Crippen MR) is 52.0 cm³/mol. The largest absolute Gasteiger partial charge is 0.479 e. The minimum atomic E-state index is -1.08. The van der Waals surface area contributed by atoms with Gasteiger partial charge in [-0.25, -0.2) is 9.18 Å². The molecule has 0 radical (unpaired) electrons. The van der Waals surface area contributed by atoms with Crippen molar-refractivity contribution in [2.45, 2.75) is 19.6 Å². The van der Waals surface area contributed by atoms with E-state index in [0.29, 0.717) is 11.3 Å². The van der Waals surface area contributed by atoms with Gasteiger partial charge in [0.15, 0.2) is 6.10 Å². The van der Waals surface area contributed by atoms with Gasteiger partial charge in [-0.2, -0.15) is 0 Å². The van der Waals surface area contributed by atoms with Gasteiger partial charge in [0.05, 0.1) is 0 Å². The van der Waals surface area contributed by atoms with Crippen molar-refractivity contribution in [3.05, 3.63) is 29.6 Å². The molecule has 0 aromatic heterocycles. The normalized spacial score (nSPS) is 12.2. The van der Waals surface area contributed by atoms with Crippen molar-refractivity contribution in [1.82, 2.24) is 0 Å². The van der Waals surface area contributed by atoms with Crippen LogP contribution in [0, 0.1) is 5.82 Å². The van der Waals surface area contributed by atoms with Crippen molar-refractivity contribution in [1.29, 1.82) is 0 Å². The van der Waals surface area contributed by atoms with Gasteiger partial charge in [0, 0.05) is 12.1 Å². The molecule has 0 amide bonds. The average Bonchev–Trinajstić information content (AvgIpc) is 2.20. The molecule has 3 N–H and O–H groups in total. The highest BCUT2D eigenvalue weighted by Crippen LogP contribution is 2.20. The highest BCUT2D eigenvalue weighted by molar-refractivity contribution is 5.72. The summed E-state index contributed by atoms with van der Waals surface area (Å²) in [5, 5.41) is 8.63. The molecule has 5 heteroatoms. The number of hydrogen-bond donors (Lipinski definition) is 2. The molecule has 0 heterocycles. The monoisotopic (exact) mass is 213 g/mol. The van der Waals surface area contributed by atoms with Crippen molar-refractivity contribution in [2.75, 3.05) is 0 Å². The zero-order chi connectivity index (χ0) is 11.4. The third-order valence-electron chi connectivity index (χ3n) is 1.89. The summed E-state index contributed by atoms with van der Waals surface area (Å²) in [5.74, 6) is -1.21. The number of hydrogen-bond acceptors (Lipinski definition) is 3. The van der Waals surface area contributed by atoms with E-state index in [-0.39, 0.29) is 6.54 Å². The molecule has 82 valence electrons. The number of carbonyl (C=O) groups is 1. The van der Waals surface area contributed by atoms with Crippen LogP contribution in [0.4, 0.5) is 4.39 Å². The number of ether oxygens (including phenoxy) is 1. The van der Waals surface area contributed by atoms with E-state index in [1.54, 1.807) is 0 Å². The first kappa shape index (κ1) is 11.5. The SMILES string of the molecule is CC(Oc1ccc(F)cc1CN)C(=O)O. The molecular formula is C10H12FNO3. The minimum absolute atomic E-state index is 0.0967. The molecule has 1 unspecified atom stereocenters. The number of halogens is 1. The Hall–Kier alpha value is -1.62. The average molecular weight is 213 g/mol. The first-order chi connectivity index (χ1) is 7.04. The number of aliphatic carboxylic acids is 1. The molecule has 1 atom stereocenters. The molecule has 1 rings (SSSR count). The number of benzene rings is 1. The van der Waals surface area contributed by atoms with Crippen molar-refractivity contribution in [3.8, 4) is 5.75 Å². The lowest BCUT2D eigenvalue weighted by molar-refractivity contribution is -0.144. The quantitative estimate of drug-likeness (QED) is 0.786. The van der Waals surface area contributed by atoms with Crippen LogP contribution < -0.4 is 10.5 Å². The van der Waals surface area contributed by atoms with Gasteiger partial charge in [-0.3, -0.25) is 0 Å². The molecule has 0 fully saturated rings. The Morgan fingerprint density at radius 1 is 1.67 bits per heavy atom. The van der Waals surface area contributed by atoms with Gasteiger partial charge in [-0.15, -0.1) is 0 Å². The van der Waals surface area contributed by atoms with E-state index in [9.17, 15) is 9.18 Å². The Labute approximate surface area is 86.5 Å². The van der Waals surface area contributed by atoms with Gasteiger partial charge in [0.25, 0.3) is 0 Å². The molecule has 0 bridgehead atoms. The number of carboxylic acids is 1. The summed E-state index contributed by atoms with van der Waals surface area (Å²) in [7, 11) is 0. The summed E-state index contributed by atoms with van der Waals surface area (Å²) in [6, 6.07) is 3.80. The smallest absolute Gasteiger partial charge is 0.344 e. The first-order valence-electron chi connectivity index (χ1n) is 4.42. The zero-order valence-corrected chi connectivity index (χ0v) is 8.24. The summed E-state index contributed by atoms with van der Waals surface area (Å²) in [6.07, 6.45) is -0.985. The zero-order valence-electron chi connectivity index (χ0n) is 8.24. The van der Waals surface area contributed by atoms with Crippen LogP contribution in [0.1, 0.15) is 12.5 Å². The molecule has 0 saturated carbocycles. The fourth-order valence-corrected chi connectivity index (χ4v) is 1.06. The topological polar surface area (TPSA) is 72.5 Å². The van der Waals surface area contributed by atoms with Crippen LogP contribution in [0.25, 0.3) is 0 Å². The van der Waals surface area contributed by atoms with Crippen LogP contribution in [0.5, 0.6) is 5.75 Å². The van der Waals surface area contributed by atoms with E-state index in [1.165, 1.54) is 25.1 Å². The van der Waals surface area contributed by atoms with Gasteiger partial charge in [-0.1, -0.05) is 0 Å². The van der Waals surface area contributed by atoms with Crippen LogP contribution in [0.15, 0.2) is 18.2 Å². The number of carboxylic acid groups (broad SMARTS) is 1. The molecule has 0 aliphatic heterocycles. The fraction of sp³-hybridized carbons (Fsp3) is 0.300. The molecular weight excluding hydrogens is 201 g/mol. The van der Waals surface area contributed by atoms with Crippen molar-refractivity contribution in [2.24, 2.45) is 5.73 Å². The summed E-state index contributed by atoms with van der Waals surface area (Å²) in [4.78, 5) is 10.5. The van der Waals surface area contributed by atoms with Gasteiger partial charge >= 0.3 is 5.97 Å². The van der Waals surface area contributed by atoms with Crippen molar-refractivity contribution >= 4 is 5.97 Å². The molecule has 15 heavy (non-hydrogen) atoms. The summed E-state index contributed by atoms with van der Waals surface area (Å²) >= 11 is 0. The maximum absolute atomic E-state index is 12.8. The Morgan fingerprint density at radius 3 is 2.87 bits per heavy atom. The second kappa shape index (κ2) is 4.75. The molecule has 4 nitrogen and oxygen atoms in total. The molecule has 0 aliphatic carbocycles. The second-order valence-corrected chi connectivity index (χ2v) is 3.05. The third kappa shape index (κ3) is 2.92. The number of nitrogens with two attached hydrogens (primary N) is 1. The highest BCUT2D eigenvalue weighted by atomic mass is 19.1. The molecule has 1 aromatic rings. The van der Waals surface area contributed by atoms with Gasteiger partial charge < -0.3 is 15.6 Å². The van der Waals surface area contributed by atoms with E-state index in [0.717, 1.165) is 0 Å². The van der Waals surface area contributed by atoms with Gasteiger partial charge in [0.1, 0.15) is 11.6 Å². The van der Waals surface area contributed by atoms with E-state index in [4.69, 9.17) is 15.6 Å². The van der Waals surface area contributed by atoms with E-state index < -0.39 is 17.9 Å². The van der Waals surface area contributed by atoms with Crippen LogP contribution in [0.3, 0.4) is 0 Å². The molecule has 0 spiro atoms. The van der Waals surface area contributed by atoms with Crippen LogP contribution >= 0.6 is 0 Å². The van der Waals surface area contributed by atoms with Crippen LogP contribution in [0.2, 0.25) is 0 Å². The molecule has 0 saturated heterocycles. The fourth-order valence-electron chi connectivity index (χ4n) is 1.06. The summed E-state index contributed by atoms with van der Waals surface area (Å²) in [5.41, 5.74) is 5.82. The lowest BCUT2D eigenvalue weighted by Gasteiger charge is -2.13.